The number of nitrogens with zero attached hydrogens (tertiary/aromatic N) is 1. The van der Waals surface area contributed by atoms with Crippen LogP contribution >= 0.6 is 11.6 Å². The third-order valence-electron chi connectivity index (χ3n) is 5.74. The van der Waals surface area contributed by atoms with E-state index in [2.05, 4.69) is 10.2 Å². The molecule has 2 aromatic rings. The number of carbonyl (C=O) groups is 1. The number of amides is 1. The van der Waals surface area contributed by atoms with E-state index < -0.39 is 9.84 Å². The van der Waals surface area contributed by atoms with Gasteiger partial charge in [0.1, 0.15) is 5.75 Å². The summed E-state index contributed by atoms with van der Waals surface area (Å²) in [5, 5.41) is 3.81. The van der Waals surface area contributed by atoms with E-state index in [1.165, 1.54) is 0 Å². The zero-order valence-electron chi connectivity index (χ0n) is 18.6. The Labute approximate surface area is 195 Å². The van der Waals surface area contributed by atoms with E-state index >= 15 is 0 Å². The summed E-state index contributed by atoms with van der Waals surface area (Å²) < 4.78 is 29.7. The maximum Gasteiger partial charge on any atom is 0.220 e. The molecule has 1 aliphatic rings. The van der Waals surface area contributed by atoms with Crippen LogP contribution in [-0.4, -0.2) is 45.8 Å². The molecule has 0 atom stereocenters. The summed E-state index contributed by atoms with van der Waals surface area (Å²) in [4.78, 5) is 14.9. The zero-order chi connectivity index (χ0) is 23.1. The highest BCUT2D eigenvalue weighted by molar-refractivity contribution is 7.91. The minimum absolute atomic E-state index is 0.0500. The summed E-state index contributed by atoms with van der Waals surface area (Å²) in [5.41, 5.74) is 2.00. The molecule has 174 valence electrons. The highest BCUT2D eigenvalue weighted by Gasteiger charge is 2.21. The average Bonchev–Trinajstić information content (AvgIpc) is 2.78. The van der Waals surface area contributed by atoms with E-state index in [1.54, 1.807) is 25.1 Å². The van der Waals surface area contributed by atoms with E-state index in [4.69, 9.17) is 16.3 Å². The van der Waals surface area contributed by atoms with E-state index in [0.717, 1.165) is 42.9 Å². The molecule has 0 bridgehead atoms. The number of nitrogens with one attached hydrogen (secondary N) is 1. The highest BCUT2D eigenvalue weighted by Crippen LogP contribution is 2.23. The lowest BCUT2D eigenvalue weighted by molar-refractivity contribution is -0.122. The molecule has 6 nitrogen and oxygen atoms in total. The Hall–Kier alpha value is -2.25. The Morgan fingerprint density at radius 3 is 2.47 bits per heavy atom. The van der Waals surface area contributed by atoms with Crippen LogP contribution in [0.25, 0.3) is 0 Å². The Morgan fingerprint density at radius 2 is 1.84 bits per heavy atom. The second-order valence-corrected chi connectivity index (χ2v) is 10.8. The topological polar surface area (TPSA) is 75.7 Å². The molecular formula is C24H31ClN2O4S. The second kappa shape index (κ2) is 11.1. The molecule has 1 heterocycles. The van der Waals surface area contributed by atoms with Gasteiger partial charge in [0.05, 0.1) is 17.3 Å². The van der Waals surface area contributed by atoms with Crippen LogP contribution < -0.4 is 15.0 Å². The van der Waals surface area contributed by atoms with Gasteiger partial charge in [-0.2, -0.15) is 0 Å². The van der Waals surface area contributed by atoms with Gasteiger partial charge in [0.25, 0.3) is 0 Å². The van der Waals surface area contributed by atoms with Gasteiger partial charge in [-0.3, -0.25) is 4.79 Å². The first-order chi connectivity index (χ1) is 15.3. The Morgan fingerprint density at radius 1 is 1.16 bits per heavy atom. The van der Waals surface area contributed by atoms with Gasteiger partial charge in [-0.15, -0.1) is 0 Å². The van der Waals surface area contributed by atoms with Crippen molar-refractivity contribution in [3.05, 3.63) is 53.1 Å². The van der Waals surface area contributed by atoms with E-state index in [0.29, 0.717) is 29.4 Å². The highest BCUT2D eigenvalue weighted by atomic mass is 35.5. The van der Waals surface area contributed by atoms with Crippen molar-refractivity contribution in [2.24, 2.45) is 0 Å². The lowest BCUT2D eigenvalue weighted by Gasteiger charge is -2.34. The number of sulfone groups is 1. The number of rotatable bonds is 9. The molecule has 1 fully saturated rings. The van der Waals surface area contributed by atoms with Gasteiger partial charge in [0, 0.05) is 36.3 Å². The Bertz CT molecular complexity index is 1020. The molecule has 3 rings (SSSR count). The number of hydrogen-bond acceptors (Lipinski definition) is 5. The standard InChI is InChI=1S/C24H31ClN2O4S/c1-3-32(29,30)22-9-7-21(8-10-22)27-14-12-20(13-15-27)26-24(28)5-4-16-31-23-11-6-19(25)17-18(23)2/h6-11,17,20H,3-5,12-16H2,1-2H3,(H,26,28). The fraction of sp³-hybridized carbons (Fsp3) is 0.458. The van der Waals surface area contributed by atoms with Crippen LogP contribution in [-0.2, 0) is 14.6 Å². The van der Waals surface area contributed by atoms with Crippen LogP contribution in [0.3, 0.4) is 0 Å². The first-order valence-corrected chi connectivity index (χ1v) is 13.1. The first kappa shape index (κ1) is 24.4. The largest absolute Gasteiger partial charge is 0.493 e. The zero-order valence-corrected chi connectivity index (χ0v) is 20.2. The maximum atomic E-state index is 12.3. The molecule has 1 saturated heterocycles. The summed E-state index contributed by atoms with van der Waals surface area (Å²) in [6, 6.07) is 12.8. The van der Waals surface area contributed by atoms with Crippen molar-refractivity contribution in [3.63, 3.8) is 0 Å². The van der Waals surface area contributed by atoms with Crippen LogP contribution in [0.2, 0.25) is 5.02 Å². The number of benzene rings is 2. The number of hydrogen-bond donors (Lipinski definition) is 1. The van der Waals surface area contributed by atoms with Crippen molar-refractivity contribution in [2.45, 2.75) is 50.5 Å². The van der Waals surface area contributed by atoms with Gasteiger partial charge >= 0.3 is 0 Å². The SMILES string of the molecule is CCS(=O)(=O)c1ccc(N2CCC(NC(=O)CCCOc3ccc(Cl)cc3C)CC2)cc1. The number of halogens is 1. The molecule has 32 heavy (non-hydrogen) atoms. The average molecular weight is 479 g/mol. The van der Waals surface area contributed by atoms with Gasteiger partial charge < -0.3 is 15.0 Å². The molecule has 0 unspecified atom stereocenters. The van der Waals surface area contributed by atoms with Gasteiger partial charge in [-0.25, -0.2) is 8.42 Å². The third-order valence-corrected chi connectivity index (χ3v) is 7.73. The van der Waals surface area contributed by atoms with Crippen molar-refractivity contribution in [1.29, 1.82) is 0 Å². The number of anilines is 1. The lowest BCUT2D eigenvalue weighted by atomic mass is 10.0. The molecule has 0 saturated carbocycles. The molecule has 0 aromatic heterocycles. The summed E-state index contributed by atoms with van der Waals surface area (Å²) in [6.07, 6.45) is 2.81. The first-order valence-electron chi connectivity index (χ1n) is 11.0. The fourth-order valence-electron chi connectivity index (χ4n) is 3.80. The van der Waals surface area contributed by atoms with Crippen molar-refractivity contribution in [3.8, 4) is 5.75 Å². The van der Waals surface area contributed by atoms with Gasteiger partial charge in [0.2, 0.25) is 5.91 Å². The molecule has 1 aliphatic heterocycles. The second-order valence-electron chi connectivity index (χ2n) is 8.09. The minimum atomic E-state index is -3.18. The number of piperidine rings is 1. The molecular weight excluding hydrogens is 448 g/mol. The van der Waals surface area contributed by atoms with Crippen molar-refractivity contribution in [2.75, 3.05) is 30.3 Å². The minimum Gasteiger partial charge on any atom is -0.493 e. The van der Waals surface area contributed by atoms with Crippen LogP contribution in [0.15, 0.2) is 47.4 Å². The van der Waals surface area contributed by atoms with Crippen LogP contribution in [0, 0.1) is 6.92 Å². The molecule has 0 aliphatic carbocycles. The summed E-state index contributed by atoms with van der Waals surface area (Å²) in [6.45, 7) is 5.73. The molecule has 8 heteroatoms. The third kappa shape index (κ3) is 6.62. The monoisotopic (exact) mass is 478 g/mol. The Kier molecular flexibility index (Phi) is 8.43. The molecule has 0 spiro atoms. The fourth-order valence-corrected chi connectivity index (χ4v) is 4.91. The van der Waals surface area contributed by atoms with Crippen molar-refractivity contribution < 1.29 is 17.9 Å². The van der Waals surface area contributed by atoms with Gasteiger partial charge in [0.15, 0.2) is 9.84 Å². The predicted molar refractivity (Wildman–Crippen MR) is 128 cm³/mol. The van der Waals surface area contributed by atoms with Crippen molar-refractivity contribution >= 4 is 33.0 Å². The summed E-state index contributed by atoms with van der Waals surface area (Å²) >= 11 is 5.95. The number of carbonyl (C=O) groups excluding carboxylic acids is 1. The number of aryl methyl sites for hydroxylation is 1. The maximum absolute atomic E-state index is 12.3. The number of ether oxygens (including phenoxy) is 1. The molecule has 0 radical (unpaired) electrons. The quantitative estimate of drug-likeness (QED) is 0.541. The van der Waals surface area contributed by atoms with Crippen LogP contribution in [0.5, 0.6) is 5.75 Å². The van der Waals surface area contributed by atoms with E-state index in [-0.39, 0.29) is 17.7 Å². The summed E-state index contributed by atoms with van der Waals surface area (Å²) in [5.74, 6) is 0.946. The lowest BCUT2D eigenvalue weighted by Crippen LogP contribution is -2.44. The Balaban J connectivity index is 1.37. The predicted octanol–water partition coefficient (Wildman–Crippen LogP) is 4.39. The molecule has 1 amide bonds. The molecule has 2 aromatic carbocycles. The van der Waals surface area contributed by atoms with E-state index in [1.807, 2.05) is 31.2 Å². The van der Waals surface area contributed by atoms with E-state index in [9.17, 15) is 13.2 Å². The normalized spacial score (nSPS) is 14.9. The molecule has 1 N–H and O–H groups in total. The smallest absolute Gasteiger partial charge is 0.220 e. The van der Waals surface area contributed by atoms with Gasteiger partial charge in [-0.05, 0) is 74.2 Å². The van der Waals surface area contributed by atoms with Crippen LogP contribution in [0.4, 0.5) is 5.69 Å². The van der Waals surface area contributed by atoms with Gasteiger partial charge in [-0.1, -0.05) is 18.5 Å². The van der Waals surface area contributed by atoms with Crippen molar-refractivity contribution in [1.82, 2.24) is 5.32 Å². The summed E-state index contributed by atoms with van der Waals surface area (Å²) in [7, 11) is -3.18. The van der Waals surface area contributed by atoms with Crippen LogP contribution in [0.1, 0.15) is 38.2 Å².